The number of hydrogen-bond acceptors (Lipinski definition) is 4. The maximum absolute atomic E-state index is 11.8. The third-order valence-corrected chi connectivity index (χ3v) is 2.93. The average molecular weight is 274 g/mol. The van der Waals surface area contributed by atoms with Crippen LogP contribution in [0.2, 0.25) is 0 Å². The fourth-order valence-corrected chi connectivity index (χ4v) is 1.90. The molecule has 0 bridgehead atoms. The predicted octanol–water partition coefficient (Wildman–Crippen LogP) is -0.529. The number of urea groups is 1. The summed E-state index contributed by atoms with van der Waals surface area (Å²) in [7, 11) is 0. The van der Waals surface area contributed by atoms with Crippen LogP contribution in [0.4, 0.5) is 4.79 Å². The zero-order chi connectivity index (χ0) is 14.4. The molecule has 2 atom stereocenters. The van der Waals surface area contributed by atoms with Gasteiger partial charge in [-0.1, -0.05) is 0 Å². The Morgan fingerprint density at radius 1 is 1.32 bits per heavy atom. The highest BCUT2D eigenvalue weighted by Gasteiger charge is 2.26. The first kappa shape index (κ1) is 15.2. The zero-order valence-electron chi connectivity index (χ0n) is 10.4. The number of nitrogens with zero attached hydrogens (tertiary/aromatic N) is 1. The number of hydrogen-bond donors (Lipinski definition) is 4. The van der Waals surface area contributed by atoms with Crippen LogP contribution in [0.5, 0.6) is 0 Å². The Kier molecular flexibility index (Phi) is 5.56. The largest absolute Gasteiger partial charge is 0.481 e. The third-order valence-electron chi connectivity index (χ3n) is 2.93. The molecular weight excluding hydrogens is 256 g/mol. The van der Waals surface area contributed by atoms with Gasteiger partial charge in [-0.2, -0.15) is 0 Å². The fraction of sp³-hybridized carbons (Fsp3) is 0.727. The van der Waals surface area contributed by atoms with Gasteiger partial charge < -0.3 is 25.5 Å². The van der Waals surface area contributed by atoms with Crippen LogP contribution in [0.15, 0.2) is 0 Å². The molecule has 1 aliphatic heterocycles. The maximum Gasteiger partial charge on any atom is 0.326 e. The molecule has 0 spiro atoms. The minimum absolute atomic E-state index is 0.164. The predicted molar refractivity (Wildman–Crippen MR) is 63.6 cm³/mol. The van der Waals surface area contributed by atoms with Crippen molar-refractivity contribution in [3.8, 4) is 0 Å². The molecule has 1 saturated heterocycles. The standard InChI is InChI=1S/C11H18N2O6/c14-7-2-1-5-13(6-7)11(19)12-8(10(17)18)3-4-9(15)16/h7-8,14H,1-6H2,(H,12,19)(H,15,16)(H,17,18)/t7?,8-/m0/s1. The first-order chi connectivity index (χ1) is 8.90. The normalized spacial score (nSPS) is 20.7. The highest BCUT2D eigenvalue weighted by atomic mass is 16.4. The van der Waals surface area contributed by atoms with Crippen LogP contribution in [0, 0.1) is 0 Å². The van der Waals surface area contributed by atoms with Crippen molar-refractivity contribution in [1.82, 2.24) is 10.2 Å². The van der Waals surface area contributed by atoms with Crippen molar-refractivity contribution >= 4 is 18.0 Å². The molecule has 0 saturated carbocycles. The number of carbonyl (C=O) groups is 3. The average Bonchev–Trinajstić information content (AvgIpc) is 2.33. The van der Waals surface area contributed by atoms with Gasteiger partial charge in [-0.05, 0) is 19.3 Å². The Balaban J connectivity index is 2.50. The van der Waals surface area contributed by atoms with Crippen molar-refractivity contribution in [3.63, 3.8) is 0 Å². The van der Waals surface area contributed by atoms with Gasteiger partial charge in [-0.25, -0.2) is 9.59 Å². The molecule has 19 heavy (non-hydrogen) atoms. The van der Waals surface area contributed by atoms with Gasteiger partial charge >= 0.3 is 18.0 Å². The lowest BCUT2D eigenvalue weighted by molar-refractivity contribution is -0.140. The van der Waals surface area contributed by atoms with Crippen molar-refractivity contribution in [3.05, 3.63) is 0 Å². The van der Waals surface area contributed by atoms with Crippen molar-refractivity contribution in [2.24, 2.45) is 0 Å². The summed E-state index contributed by atoms with van der Waals surface area (Å²) < 4.78 is 0. The molecule has 0 aromatic heterocycles. The molecule has 0 radical (unpaired) electrons. The van der Waals surface area contributed by atoms with Crippen LogP contribution < -0.4 is 5.32 Å². The molecule has 1 heterocycles. The van der Waals surface area contributed by atoms with E-state index in [2.05, 4.69) is 5.32 Å². The molecule has 1 rings (SSSR count). The fourth-order valence-electron chi connectivity index (χ4n) is 1.90. The summed E-state index contributed by atoms with van der Waals surface area (Å²) in [6, 6.07) is -1.82. The first-order valence-corrected chi connectivity index (χ1v) is 6.08. The lowest BCUT2D eigenvalue weighted by atomic mass is 10.1. The highest BCUT2D eigenvalue weighted by Crippen LogP contribution is 2.10. The van der Waals surface area contributed by atoms with E-state index < -0.39 is 30.1 Å². The van der Waals surface area contributed by atoms with E-state index >= 15 is 0 Å². The summed E-state index contributed by atoms with van der Waals surface area (Å²) >= 11 is 0. The topological polar surface area (TPSA) is 127 Å². The molecule has 108 valence electrons. The molecule has 0 aromatic carbocycles. The number of aliphatic carboxylic acids is 2. The second-order valence-electron chi connectivity index (χ2n) is 4.51. The van der Waals surface area contributed by atoms with Crippen LogP contribution in [0.3, 0.4) is 0 Å². The Morgan fingerprint density at radius 3 is 2.53 bits per heavy atom. The number of rotatable bonds is 5. The molecule has 4 N–H and O–H groups in total. The summed E-state index contributed by atoms with van der Waals surface area (Å²) in [5.74, 6) is -2.39. The summed E-state index contributed by atoms with van der Waals surface area (Å²) in [6.45, 7) is 0.616. The highest BCUT2D eigenvalue weighted by molar-refractivity contribution is 5.83. The van der Waals surface area contributed by atoms with E-state index in [1.807, 2.05) is 0 Å². The van der Waals surface area contributed by atoms with Crippen molar-refractivity contribution in [2.75, 3.05) is 13.1 Å². The Morgan fingerprint density at radius 2 is 2.00 bits per heavy atom. The molecule has 1 unspecified atom stereocenters. The van der Waals surface area contributed by atoms with Crippen molar-refractivity contribution in [2.45, 2.75) is 37.8 Å². The first-order valence-electron chi connectivity index (χ1n) is 6.08. The van der Waals surface area contributed by atoms with E-state index in [1.165, 1.54) is 4.90 Å². The third kappa shape index (κ3) is 5.12. The number of β-amino-alcohol motifs (C(OH)–C–C–N with tert-alkyl or cyclic N) is 1. The van der Waals surface area contributed by atoms with Gasteiger partial charge in [-0.3, -0.25) is 4.79 Å². The smallest absolute Gasteiger partial charge is 0.326 e. The minimum Gasteiger partial charge on any atom is -0.481 e. The number of piperidine rings is 1. The Labute approximate surface area is 110 Å². The van der Waals surface area contributed by atoms with Crippen molar-refractivity contribution < 1.29 is 29.7 Å². The number of nitrogens with one attached hydrogen (secondary N) is 1. The Hall–Kier alpha value is -1.83. The van der Waals surface area contributed by atoms with E-state index in [9.17, 15) is 19.5 Å². The molecule has 0 aromatic rings. The summed E-state index contributed by atoms with van der Waals surface area (Å²) in [4.78, 5) is 34.5. The van der Waals surface area contributed by atoms with Gasteiger partial charge in [0.1, 0.15) is 6.04 Å². The maximum atomic E-state index is 11.8. The number of amides is 2. The number of carboxylic acids is 2. The van der Waals surface area contributed by atoms with Crippen LogP contribution >= 0.6 is 0 Å². The lowest BCUT2D eigenvalue weighted by Gasteiger charge is -2.31. The number of likely N-dealkylation sites (tertiary alicyclic amines) is 1. The van der Waals surface area contributed by atoms with Gasteiger partial charge in [0.05, 0.1) is 6.10 Å². The van der Waals surface area contributed by atoms with Gasteiger partial charge in [-0.15, -0.1) is 0 Å². The Bertz CT molecular complexity index is 359. The monoisotopic (exact) mass is 274 g/mol. The summed E-state index contributed by atoms with van der Waals surface area (Å²) in [5.41, 5.74) is 0. The van der Waals surface area contributed by atoms with Gasteiger partial charge in [0.25, 0.3) is 0 Å². The van der Waals surface area contributed by atoms with Crippen LogP contribution in [-0.2, 0) is 9.59 Å². The second kappa shape index (κ2) is 6.93. The molecule has 1 aliphatic rings. The number of aliphatic hydroxyl groups excluding tert-OH is 1. The molecule has 0 aliphatic carbocycles. The molecule has 2 amide bonds. The number of carbonyl (C=O) groups excluding carboxylic acids is 1. The lowest BCUT2D eigenvalue weighted by Crippen LogP contribution is -2.51. The molecular formula is C11H18N2O6. The molecule has 8 heteroatoms. The summed E-state index contributed by atoms with van der Waals surface area (Å²) in [5, 5.41) is 29.1. The molecule has 1 fully saturated rings. The number of aliphatic hydroxyl groups is 1. The summed E-state index contributed by atoms with van der Waals surface area (Å²) in [6.07, 6.45) is 0.168. The quantitative estimate of drug-likeness (QED) is 0.533. The van der Waals surface area contributed by atoms with Gasteiger partial charge in [0, 0.05) is 19.5 Å². The van der Waals surface area contributed by atoms with E-state index in [0.29, 0.717) is 19.4 Å². The number of carboxylic acid groups (broad SMARTS) is 2. The minimum atomic E-state index is -1.27. The van der Waals surface area contributed by atoms with Gasteiger partial charge in [0.15, 0.2) is 0 Å². The van der Waals surface area contributed by atoms with Crippen molar-refractivity contribution in [1.29, 1.82) is 0 Å². The van der Waals surface area contributed by atoms with Crippen LogP contribution in [0.25, 0.3) is 0 Å². The second-order valence-corrected chi connectivity index (χ2v) is 4.51. The van der Waals surface area contributed by atoms with E-state index in [4.69, 9.17) is 10.2 Å². The van der Waals surface area contributed by atoms with Crippen LogP contribution in [-0.4, -0.2) is 63.4 Å². The van der Waals surface area contributed by atoms with E-state index in [1.54, 1.807) is 0 Å². The van der Waals surface area contributed by atoms with Gasteiger partial charge in [0.2, 0.25) is 0 Å². The van der Waals surface area contributed by atoms with E-state index in [-0.39, 0.29) is 19.4 Å². The zero-order valence-corrected chi connectivity index (χ0v) is 10.4. The molecule has 8 nitrogen and oxygen atoms in total. The van der Waals surface area contributed by atoms with Crippen LogP contribution in [0.1, 0.15) is 25.7 Å². The van der Waals surface area contributed by atoms with E-state index in [0.717, 1.165) is 0 Å². The SMILES string of the molecule is O=C(O)CC[C@H](NC(=O)N1CCCC(O)C1)C(=O)O.